The molecular formula is C6H6N4O3. The Bertz CT molecular complexity index is 368. The average Bonchev–Trinajstić information content (AvgIpc) is 2.47. The lowest BCUT2D eigenvalue weighted by molar-refractivity contribution is -0.389. The number of primary amides is 1. The lowest BCUT2D eigenvalue weighted by Crippen LogP contribution is -2.05. The zero-order valence-corrected chi connectivity index (χ0v) is 6.43. The summed E-state index contributed by atoms with van der Waals surface area (Å²) >= 11 is 0. The molecule has 1 heterocycles. The molecule has 0 spiro atoms. The molecule has 0 saturated heterocycles. The molecule has 0 aliphatic carbocycles. The molecule has 0 saturated carbocycles. The van der Waals surface area contributed by atoms with Crippen LogP contribution >= 0.6 is 0 Å². The molecule has 1 aromatic heterocycles. The van der Waals surface area contributed by atoms with Crippen molar-refractivity contribution in [1.29, 1.82) is 0 Å². The van der Waals surface area contributed by atoms with E-state index in [1.807, 2.05) is 0 Å². The standard InChI is InChI=1S/C6H6N4O3/c7-5(11)2-1-4-6(10(12)13)9-3-8-4/h1-3H,(H2,7,11)(H,8,9). The number of carbonyl (C=O) groups excluding carboxylic acids is 1. The number of imidazole rings is 1. The maximum atomic E-state index is 10.3. The Balaban J connectivity index is 2.95. The number of hydrogen-bond acceptors (Lipinski definition) is 4. The van der Waals surface area contributed by atoms with Gasteiger partial charge in [0, 0.05) is 6.08 Å². The third kappa shape index (κ3) is 2.12. The van der Waals surface area contributed by atoms with Crippen molar-refractivity contribution < 1.29 is 9.72 Å². The highest BCUT2D eigenvalue weighted by atomic mass is 16.6. The van der Waals surface area contributed by atoms with Crippen LogP contribution in [0.1, 0.15) is 5.69 Å². The fraction of sp³-hybridized carbons (Fsp3) is 0. The molecule has 0 bridgehead atoms. The van der Waals surface area contributed by atoms with Gasteiger partial charge in [0.2, 0.25) is 5.91 Å². The molecule has 0 aliphatic rings. The molecule has 3 N–H and O–H groups in total. The van der Waals surface area contributed by atoms with E-state index in [4.69, 9.17) is 5.73 Å². The van der Waals surface area contributed by atoms with Crippen LogP contribution in [0.4, 0.5) is 5.82 Å². The maximum Gasteiger partial charge on any atom is 0.347 e. The monoisotopic (exact) mass is 182 g/mol. The molecule has 1 rings (SSSR count). The van der Waals surface area contributed by atoms with Gasteiger partial charge in [-0.25, -0.2) is 9.97 Å². The Morgan fingerprint density at radius 2 is 2.46 bits per heavy atom. The summed E-state index contributed by atoms with van der Waals surface area (Å²) in [5.74, 6) is -0.949. The van der Waals surface area contributed by atoms with Gasteiger partial charge in [0.1, 0.15) is 0 Å². The van der Waals surface area contributed by atoms with Gasteiger partial charge in [-0.15, -0.1) is 0 Å². The number of H-pyrrole nitrogens is 1. The van der Waals surface area contributed by atoms with Gasteiger partial charge < -0.3 is 15.8 Å². The second-order valence-electron chi connectivity index (χ2n) is 2.13. The number of aromatic nitrogens is 2. The van der Waals surface area contributed by atoms with Crippen molar-refractivity contribution in [3.05, 3.63) is 28.2 Å². The Kier molecular flexibility index (Phi) is 2.38. The number of rotatable bonds is 3. The topological polar surface area (TPSA) is 115 Å². The van der Waals surface area contributed by atoms with Crippen LogP contribution in [0.15, 0.2) is 12.4 Å². The van der Waals surface area contributed by atoms with Gasteiger partial charge in [0.15, 0.2) is 12.0 Å². The highest BCUT2D eigenvalue weighted by Crippen LogP contribution is 2.13. The van der Waals surface area contributed by atoms with Crippen molar-refractivity contribution in [1.82, 2.24) is 9.97 Å². The van der Waals surface area contributed by atoms with E-state index in [0.717, 1.165) is 6.08 Å². The fourth-order valence-electron chi connectivity index (χ4n) is 0.727. The highest BCUT2D eigenvalue weighted by molar-refractivity contribution is 5.90. The van der Waals surface area contributed by atoms with Gasteiger partial charge in [0.05, 0.1) is 0 Å². The summed E-state index contributed by atoms with van der Waals surface area (Å²) < 4.78 is 0. The van der Waals surface area contributed by atoms with Crippen molar-refractivity contribution in [2.45, 2.75) is 0 Å². The van der Waals surface area contributed by atoms with Gasteiger partial charge >= 0.3 is 5.82 Å². The molecule has 1 amide bonds. The van der Waals surface area contributed by atoms with Crippen LogP contribution in [0.25, 0.3) is 6.08 Å². The van der Waals surface area contributed by atoms with Crippen LogP contribution in [0, 0.1) is 10.1 Å². The smallest absolute Gasteiger partial charge is 0.347 e. The van der Waals surface area contributed by atoms with Gasteiger partial charge in [0.25, 0.3) is 0 Å². The number of nitrogens with two attached hydrogens (primary N) is 1. The molecule has 0 unspecified atom stereocenters. The lowest BCUT2D eigenvalue weighted by Gasteiger charge is -1.89. The summed E-state index contributed by atoms with van der Waals surface area (Å²) in [6.45, 7) is 0. The summed E-state index contributed by atoms with van der Waals surface area (Å²) in [4.78, 5) is 25.9. The minimum Gasteiger partial charge on any atom is -0.366 e. The number of hydrogen-bond donors (Lipinski definition) is 2. The predicted octanol–water partition coefficient (Wildman–Crippen LogP) is -0.184. The van der Waals surface area contributed by atoms with Gasteiger partial charge in [-0.2, -0.15) is 0 Å². The van der Waals surface area contributed by atoms with Crippen LogP contribution in [0.3, 0.4) is 0 Å². The minimum atomic E-state index is -0.683. The maximum absolute atomic E-state index is 10.3. The van der Waals surface area contributed by atoms with Gasteiger partial charge in [-0.1, -0.05) is 0 Å². The third-order valence-corrected chi connectivity index (χ3v) is 1.24. The number of carbonyl (C=O) groups is 1. The zero-order chi connectivity index (χ0) is 9.84. The molecule has 1 aromatic rings. The van der Waals surface area contributed by atoms with Crippen LogP contribution < -0.4 is 5.73 Å². The zero-order valence-electron chi connectivity index (χ0n) is 6.43. The van der Waals surface area contributed by atoms with E-state index in [9.17, 15) is 14.9 Å². The van der Waals surface area contributed by atoms with Crippen molar-refractivity contribution in [3.8, 4) is 0 Å². The molecular weight excluding hydrogens is 176 g/mol. The first-order valence-corrected chi connectivity index (χ1v) is 3.26. The number of nitrogens with zero attached hydrogens (tertiary/aromatic N) is 2. The predicted molar refractivity (Wildman–Crippen MR) is 43.5 cm³/mol. The Labute approximate surface area is 72.4 Å². The number of nitro groups is 1. The van der Waals surface area contributed by atoms with Gasteiger partial charge in [-0.05, 0) is 11.0 Å². The minimum absolute atomic E-state index is 0.0730. The van der Waals surface area contributed by atoms with Crippen molar-refractivity contribution in [2.24, 2.45) is 5.73 Å². The Hall–Kier alpha value is -2.18. The van der Waals surface area contributed by atoms with E-state index in [-0.39, 0.29) is 11.5 Å². The normalized spacial score (nSPS) is 10.5. The fourth-order valence-corrected chi connectivity index (χ4v) is 0.727. The van der Waals surface area contributed by atoms with Crippen molar-refractivity contribution in [3.63, 3.8) is 0 Å². The number of nitrogens with one attached hydrogen (secondary N) is 1. The van der Waals surface area contributed by atoms with Crippen LogP contribution in [0.5, 0.6) is 0 Å². The SMILES string of the molecule is NC(=O)C=Cc1nc[nH]c1[N+](=O)[O-]. The summed E-state index contributed by atoms with van der Waals surface area (Å²) in [5, 5.41) is 10.3. The summed E-state index contributed by atoms with van der Waals surface area (Å²) in [5.41, 5.74) is 4.87. The van der Waals surface area contributed by atoms with Crippen LogP contribution in [0.2, 0.25) is 0 Å². The largest absolute Gasteiger partial charge is 0.366 e. The van der Waals surface area contributed by atoms with Crippen LogP contribution in [-0.2, 0) is 4.79 Å². The molecule has 0 aromatic carbocycles. The quantitative estimate of drug-likeness (QED) is 0.383. The van der Waals surface area contributed by atoms with E-state index in [1.54, 1.807) is 0 Å². The second-order valence-corrected chi connectivity index (χ2v) is 2.13. The first-order chi connectivity index (χ1) is 6.11. The molecule has 0 aliphatic heterocycles. The van der Waals surface area contributed by atoms with Crippen molar-refractivity contribution >= 4 is 17.8 Å². The molecule has 7 nitrogen and oxygen atoms in total. The molecule has 7 heteroatoms. The summed E-state index contributed by atoms with van der Waals surface area (Å²) in [6, 6.07) is 0. The van der Waals surface area contributed by atoms with E-state index < -0.39 is 10.8 Å². The number of aromatic amines is 1. The first-order valence-electron chi connectivity index (χ1n) is 3.26. The third-order valence-electron chi connectivity index (χ3n) is 1.24. The van der Waals surface area contributed by atoms with E-state index in [0.29, 0.717) is 0 Å². The second kappa shape index (κ2) is 3.48. The summed E-state index contributed by atoms with van der Waals surface area (Å²) in [6.07, 6.45) is 3.35. The van der Waals surface area contributed by atoms with E-state index in [1.165, 1.54) is 12.4 Å². The Morgan fingerprint density at radius 3 is 3.00 bits per heavy atom. The molecule has 0 fully saturated rings. The Morgan fingerprint density at radius 1 is 1.77 bits per heavy atom. The highest BCUT2D eigenvalue weighted by Gasteiger charge is 2.11. The van der Waals surface area contributed by atoms with E-state index >= 15 is 0 Å². The van der Waals surface area contributed by atoms with Gasteiger partial charge in [-0.3, -0.25) is 4.79 Å². The molecule has 0 radical (unpaired) electrons. The average molecular weight is 182 g/mol. The van der Waals surface area contributed by atoms with Crippen molar-refractivity contribution in [2.75, 3.05) is 0 Å². The van der Waals surface area contributed by atoms with E-state index in [2.05, 4.69) is 9.97 Å². The first kappa shape index (κ1) is 8.91. The lowest BCUT2D eigenvalue weighted by atomic mass is 10.4. The molecule has 13 heavy (non-hydrogen) atoms. The number of amides is 1. The summed E-state index contributed by atoms with van der Waals surface area (Å²) in [7, 11) is 0. The molecule has 68 valence electrons. The van der Waals surface area contributed by atoms with Crippen LogP contribution in [-0.4, -0.2) is 20.8 Å². The molecule has 0 atom stereocenters.